The van der Waals surface area contributed by atoms with Crippen LogP contribution in [-0.2, 0) is 4.79 Å². The average Bonchev–Trinajstić information content (AvgIpc) is 2.57. The maximum atomic E-state index is 12.0. The molecule has 1 saturated heterocycles. The molecule has 0 saturated carbocycles. The van der Waals surface area contributed by atoms with E-state index in [1.165, 1.54) is 0 Å². The second-order valence-corrected chi connectivity index (χ2v) is 4.59. The number of nitrogens with zero attached hydrogens (tertiary/aromatic N) is 2. The molecule has 1 heterocycles. The minimum Gasteiger partial charge on any atom is -0.323 e. The molecule has 0 spiro atoms. The van der Waals surface area contributed by atoms with Crippen molar-refractivity contribution < 1.29 is 4.79 Å². The molecular weight excluding hydrogens is 190 g/mol. The van der Waals surface area contributed by atoms with Gasteiger partial charge in [-0.25, -0.2) is 0 Å². The van der Waals surface area contributed by atoms with Gasteiger partial charge in [-0.1, -0.05) is 13.8 Å². The summed E-state index contributed by atoms with van der Waals surface area (Å²) in [5, 5.41) is 8.94. The van der Waals surface area contributed by atoms with Crippen molar-refractivity contribution in [1.82, 2.24) is 4.90 Å². The largest absolute Gasteiger partial charge is 0.323 e. The van der Waals surface area contributed by atoms with Gasteiger partial charge >= 0.3 is 0 Å². The van der Waals surface area contributed by atoms with Gasteiger partial charge in [-0.05, 0) is 25.7 Å². The molecule has 3 atom stereocenters. The summed E-state index contributed by atoms with van der Waals surface area (Å²) in [5.74, 6) is 0.0335. The second kappa shape index (κ2) is 4.63. The molecule has 1 rings (SSSR count). The Kier molecular flexibility index (Phi) is 3.70. The highest BCUT2D eigenvalue weighted by Gasteiger charge is 2.37. The van der Waals surface area contributed by atoms with Gasteiger partial charge in [0.25, 0.3) is 0 Å². The van der Waals surface area contributed by atoms with Gasteiger partial charge in [0.2, 0.25) is 5.91 Å². The summed E-state index contributed by atoms with van der Waals surface area (Å²) in [6.45, 7) is 5.82. The molecule has 0 aromatic rings. The van der Waals surface area contributed by atoms with Crippen LogP contribution in [0.1, 0.15) is 33.6 Å². The van der Waals surface area contributed by atoms with Crippen molar-refractivity contribution in [2.24, 2.45) is 11.7 Å². The molecular formula is C11H19N3O. The van der Waals surface area contributed by atoms with E-state index in [0.29, 0.717) is 0 Å². The first-order chi connectivity index (χ1) is 6.99. The number of hydrogen-bond donors (Lipinski definition) is 1. The van der Waals surface area contributed by atoms with Gasteiger partial charge in [-0.15, -0.1) is 0 Å². The van der Waals surface area contributed by atoms with E-state index >= 15 is 0 Å². The lowest BCUT2D eigenvalue weighted by molar-refractivity contribution is -0.135. The Morgan fingerprint density at radius 3 is 2.60 bits per heavy atom. The van der Waals surface area contributed by atoms with Crippen LogP contribution in [0.25, 0.3) is 0 Å². The fourth-order valence-corrected chi connectivity index (χ4v) is 1.94. The molecule has 0 aromatic carbocycles. The summed E-state index contributed by atoms with van der Waals surface area (Å²) in [6.07, 6.45) is 1.67. The fourth-order valence-electron chi connectivity index (χ4n) is 1.94. The second-order valence-electron chi connectivity index (χ2n) is 4.59. The van der Waals surface area contributed by atoms with E-state index in [0.717, 1.165) is 12.8 Å². The van der Waals surface area contributed by atoms with E-state index in [1.807, 2.05) is 20.8 Å². The van der Waals surface area contributed by atoms with Crippen LogP contribution in [0.2, 0.25) is 0 Å². The van der Waals surface area contributed by atoms with Crippen LogP contribution in [0.4, 0.5) is 0 Å². The van der Waals surface area contributed by atoms with E-state index in [2.05, 4.69) is 6.07 Å². The number of amides is 1. The number of nitriles is 1. The lowest BCUT2D eigenvalue weighted by Gasteiger charge is -2.28. The summed E-state index contributed by atoms with van der Waals surface area (Å²) < 4.78 is 0. The topological polar surface area (TPSA) is 70.1 Å². The SMILES string of the molecule is CC(C)[C@H](N)C(=O)N1[C@H](C#N)CC[C@@H]1C. The van der Waals surface area contributed by atoms with Crippen LogP contribution in [-0.4, -0.2) is 28.9 Å². The molecule has 84 valence electrons. The Morgan fingerprint density at radius 2 is 2.13 bits per heavy atom. The van der Waals surface area contributed by atoms with Crippen molar-refractivity contribution >= 4 is 5.91 Å². The fraction of sp³-hybridized carbons (Fsp3) is 0.818. The quantitative estimate of drug-likeness (QED) is 0.733. The Balaban J connectivity index is 2.78. The highest BCUT2D eigenvalue weighted by Crippen LogP contribution is 2.24. The normalized spacial score (nSPS) is 27.9. The predicted octanol–water partition coefficient (Wildman–Crippen LogP) is 0.873. The Bertz CT molecular complexity index is 282. The third-order valence-electron chi connectivity index (χ3n) is 3.08. The van der Waals surface area contributed by atoms with E-state index in [1.54, 1.807) is 4.90 Å². The molecule has 0 bridgehead atoms. The van der Waals surface area contributed by atoms with E-state index in [9.17, 15) is 4.79 Å². The van der Waals surface area contributed by atoms with Crippen LogP contribution in [0, 0.1) is 17.2 Å². The van der Waals surface area contributed by atoms with E-state index in [4.69, 9.17) is 11.0 Å². The van der Waals surface area contributed by atoms with Crippen LogP contribution in [0.15, 0.2) is 0 Å². The molecule has 1 fully saturated rings. The third-order valence-corrected chi connectivity index (χ3v) is 3.08. The predicted molar refractivity (Wildman–Crippen MR) is 57.8 cm³/mol. The van der Waals surface area contributed by atoms with Gasteiger partial charge in [0, 0.05) is 6.04 Å². The van der Waals surface area contributed by atoms with Crippen molar-refractivity contribution in [3.8, 4) is 6.07 Å². The zero-order valence-corrected chi connectivity index (χ0v) is 9.60. The van der Waals surface area contributed by atoms with Gasteiger partial charge in [0.1, 0.15) is 6.04 Å². The van der Waals surface area contributed by atoms with Crippen LogP contribution < -0.4 is 5.73 Å². The number of nitrogens with two attached hydrogens (primary N) is 1. The van der Waals surface area contributed by atoms with Crippen molar-refractivity contribution in [2.75, 3.05) is 0 Å². The minimum atomic E-state index is -0.485. The van der Waals surface area contributed by atoms with Crippen molar-refractivity contribution in [1.29, 1.82) is 5.26 Å². The van der Waals surface area contributed by atoms with Gasteiger partial charge in [0.15, 0.2) is 0 Å². The van der Waals surface area contributed by atoms with Crippen LogP contribution in [0.3, 0.4) is 0 Å². The molecule has 1 amide bonds. The van der Waals surface area contributed by atoms with Crippen molar-refractivity contribution in [3.63, 3.8) is 0 Å². The van der Waals surface area contributed by atoms with Crippen LogP contribution in [0.5, 0.6) is 0 Å². The first-order valence-electron chi connectivity index (χ1n) is 5.46. The Morgan fingerprint density at radius 1 is 1.53 bits per heavy atom. The molecule has 0 unspecified atom stereocenters. The molecule has 15 heavy (non-hydrogen) atoms. The van der Waals surface area contributed by atoms with E-state index in [-0.39, 0.29) is 23.9 Å². The summed E-state index contributed by atoms with van der Waals surface area (Å²) in [6, 6.07) is 1.55. The lowest BCUT2D eigenvalue weighted by Crippen LogP contribution is -2.50. The van der Waals surface area contributed by atoms with Gasteiger partial charge in [0.05, 0.1) is 12.1 Å². The summed E-state index contributed by atoms with van der Waals surface area (Å²) >= 11 is 0. The Labute approximate surface area is 91.0 Å². The molecule has 4 heteroatoms. The summed E-state index contributed by atoms with van der Waals surface area (Å²) in [7, 11) is 0. The number of carbonyl (C=O) groups is 1. The minimum absolute atomic E-state index is 0.0819. The molecule has 2 N–H and O–H groups in total. The number of rotatable bonds is 2. The highest BCUT2D eigenvalue weighted by molar-refractivity contribution is 5.83. The maximum absolute atomic E-state index is 12.0. The van der Waals surface area contributed by atoms with Crippen molar-refractivity contribution in [3.05, 3.63) is 0 Å². The number of carbonyl (C=O) groups excluding carboxylic acids is 1. The lowest BCUT2D eigenvalue weighted by atomic mass is 10.0. The molecule has 1 aliphatic rings. The highest BCUT2D eigenvalue weighted by atomic mass is 16.2. The first kappa shape index (κ1) is 12.0. The standard InChI is InChI=1S/C11H19N3O/c1-7(2)10(13)11(15)14-8(3)4-5-9(14)6-12/h7-10H,4-5,13H2,1-3H3/t8-,9-,10-/m0/s1. The van der Waals surface area contributed by atoms with Gasteiger partial charge < -0.3 is 10.6 Å². The van der Waals surface area contributed by atoms with E-state index < -0.39 is 6.04 Å². The maximum Gasteiger partial charge on any atom is 0.241 e. The summed E-state index contributed by atoms with van der Waals surface area (Å²) in [4.78, 5) is 13.7. The molecule has 0 aliphatic carbocycles. The zero-order chi connectivity index (χ0) is 11.6. The molecule has 1 aliphatic heterocycles. The van der Waals surface area contributed by atoms with Crippen LogP contribution >= 0.6 is 0 Å². The van der Waals surface area contributed by atoms with Gasteiger partial charge in [-0.2, -0.15) is 5.26 Å². The monoisotopic (exact) mass is 209 g/mol. The van der Waals surface area contributed by atoms with Gasteiger partial charge in [-0.3, -0.25) is 4.79 Å². The van der Waals surface area contributed by atoms with Crippen molar-refractivity contribution in [2.45, 2.75) is 51.7 Å². The first-order valence-corrected chi connectivity index (χ1v) is 5.46. The molecule has 0 aromatic heterocycles. The number of hydrogen-bond acceptors (Lipinski definition) is 3. The number of likely N-dealkylation sites (tertiary alicyclic amines) is 1. The molecule has 0 radical (unpaired) electrons. The Hall–Kier alpha value is -1.08. The third kappa shape index (κ3) is 2.29. The zero-order valence-electron chi connectivity index (χ0n) is 9.60. The average molecular weight is 209 g/mol. The molecule has 4 nitrogen and oxygen atoms in total. The smallest absolute Gasteiger partial charge is 0.241 e. The summed E-state index contributed by atoms with van der Waals surface area (Å²) in [5.41, 5.74) is 5.82.